The molecular formula is C15H24O2. The summed E-state index contributed by atoms with van der Waals surface area (Å²) in [5.74, 6) is 1.59. The molecule has 0 aliphatic rings. The van der Waals surface area contributed by atoms with Crippen LogP contribution in [0.2, 0.25) is 0 Å². The molecule has 0 spiro atoms. The number of hydrogen-bond acceptors (Lipinski definition) is 2. The van der Waals surface area contributed by atoms with Crippen molar-refractivity contribution in [2.75, 3.05) is 7.11 Å². The lowest BCUT2D eigenvalue weighted by Gasteiger charge is -2.11. The molecule has 0 amide bonds. The molecule has 1 N–H and O–H groups in total. The van der Waals surface area contributed by atoms with Crippen molar-refractivity contribution in [1.82, 2.24) is 0 Å². The zero-order valence-corrected chi connectivity index (χ0v) is 11.1. The van der Waals surface area contributed by atoms with Crippen LogP contribution in [0, 0.1) is 5.92 Å². The average molecular weight is 236 g/mol. The quantitative estimate of drug-likeness (QED) is 0.786. The monoisotopic (exact) mass is 236 g/mol. The second-order valence-electron chi connectivity index (χ2n) is 5.03. The number of aliphatic hydroxyl groups is 1. The van der Waals surface area contributed by atoms with Crippen molar-refractivity contribution in [3.8, 4) is 5.75 Å². The van der Waals surface area contributed by atoms with Crippen LogP contribution in [0.15, 0.2) is 24.3 Å². The van der Waals surface area contributed by atoms with Crippen LogP contribution in [0.5, 0.6) is 5.75 Å². The molecule has 0 heterocycles. The molecule has 2 heteroatoms. The summed E-state index contributed by atoms with van der Waals surface area (Å²) in [7, 11) is 1.66. The van der Waals surface area contributed by atoms with E-state index in [4.69, 9.17) is 4.74 Å². The topological polar surface area (TPSA) is 29.5 Å². The van der Waals surface area contributed by atoms with Crippen molar-refractivity contribution < 1.29 is 9.84 Å². The predicted octanol–water partition coefficient (Wildman–Crippen LogP) is 3.42. The SMILES string of the molecule is COc1ccc(CC(O)CCCC(C)C)cc1. The Kier molecular flexibility index (Phi) is 6.06. The van der Waals surface area contributed by atoms with Gasteiger partial charge in [0.05, 0.1) is 13.2 Å². The van der Waals surface area contributed by atoms with E-state index in [1.165, 1.54) is 12.0 Å². The standard InChI is InChI=1S/C15H24O2/c1-12(2)5-4-6-14(16)11-13-7-9-15(17-3)10-8-13/h7-10,12,14,16H,4-6,11H2,1-3H3. The molecule has 1 atom stereocenters. The lowest BCUT2D eigenvalue weighted by Crippen LogP contribution is -2.10. The molecule has 0 fully saturated rings. The van der Waals surface area contributed by atoms with E-state index in [0.717, 1.165) is 30.9 Å². The van der Waals surface area contributed by atoms with Crippen molar-refractivity contribution in [2.24, 2.45) is 5.92 Å². The minimum Gasteiger partial charge on any atom is -0.497 e. The van der Waals surface area contributed by atoms with Gasteiger partial charge in [-0.25, -0.2) is 0 Å². The zero-order chi connectivity index (χ0) is 12.7. The van der Waals surface area contributed by atoms with Crippen LogP contribution in [0.1, 0.15) is 38.7 Å². The molecule has 0 radical (unpaired) electrons. The van der Waals surface area contributed by atoms with Gasteiger partial charge in [0.25, 0.3) is 0 Å². The fourth-order valence-corrected chi connectivity index (χ4v) is 1.90. The minimum atomic E-state index is -0.220. The van der Waals surface area contributed by atoms with Crippen LogP contribution in [0.3, 0.4) is 0 Å². The first-order valence-electron chi connectivity index (χ1n) is 6.42. The Morgan fingerprint density at radius 2 is 1.76 bits per heavy atom. The van der Waals surface area contributed by atoms with E-state index < -0.39 is 0 Å². The van der Waals surface area contributed by atoms with Crippen molar-refractivity contribution in [1.29, 1.82) is 0 Å². The smallest absolute Gasteiger partial charge is 0.118 e. The Labute approximate surface area is 105 Å². The molecule has 1 aromatic rings. The van der Waals surface area contributed by atoms with Crippen LogP contribution < -0.4 is 4.74 Å². The molecule has 17 heavy (non-hydrogen) atoms. The van der Waals surface area contributed by atoms with Gasteiger partial charge in [0.1, 0.15) is 5.75 Å². The van der Waals surface area contributed by atoms with Crippen LogP contribution in [-0.4, -0.2) is 18.3 Å². The predicted molar refractivity (Wildman–Crippen MR) is 71.4 cm³/mol. The summed E-state index contributed by atoms with van der Waals surface area (Å²) in [5.41, 5.74) is 1.17. The summed E-state index contributed by atoms with van der Waals surface area (Å²) in [6.45, 7) is 4.44. The van der Waals surface area contributed by atoms with E-state index in [1.807, 2.05) is 24.3 Å². The number of hydrogen-bond donors (Lipinski definition) is 1. The molecule has 0 saturated heterocycles. The first-order valence-corrected chi connectivity index (χ1v) is 6.42. The Bertz CT molecular complexity index is 303. The molecule has 0 aromatic heterocycles. The van der Waals surface area contributed by atoms with Crippen molar-refractivity contribution in [2.45, 2.75) is 45.6 Å². The van der Waals surface area contributed by atoms with Gasteiger partial charge in [-0.1, -0.05) is 38.8 Å². The summed E-state index contributed by atoms with van der Waals surface area (Å²) in [5, 5.41) is 9.91. The van der Waals surface area contributed by atoms with Gasteiger partial charge < -0.3 is 9.84 Å². The molecule has 1 rings (SSSR count). The third-order valence-corrected chi connectivity index (χ3v) is 2.95. The summed E-state index contributed by atoms with van der Waals surface area (Å²) in [4.78, 5) is 0. The molecule has 1 aromatic carbocycles. The summed E-state index contributed by atoms with van der Waals surface area (Å²) in [6, 6.07) is 7.92. The first kappa shape index (κ1) is 14.0. The minimum absolute atomic E-state index is 0.220. The molecule has 0 saturated carbocycles. The third kappa shape index (κ3) is 5.73. The van der Waals surface area contributed by atoms with E-state index in [-0.39, 0.29) is 6.10 Å². The molecule has 0 bridgehead atoms. The van der Waals surface area contributed by atoms with E-state index in [1.54, 1.807) is 7.11 Å². The van der Waals surface area contributed by atoms with E-state index >= 15 is 0 Å². The average Bonchev–Trinajstić information content (AvgIpc) is 2.29. The summed E-state index contributed by atoms with van der Waals surface area (Å²) >= 11 is 0. The highest BCUT2D eigenvalue weighted by Gasteiger charge is 2.06. The number of aliphatic hydroxyl groups excluding tert-OH is 1. The maximum atomic E-state index is 9.91. The highest BCUT2D eigenvalue weighted by Crippen LogP contribution is 2.15. The lowest BCUT2D eigenvalue weighted by molar-refractivity contribution is 0.159. The van der Waals surface area contributed by atoms with Crippen LogP contribution >= 0.6 is 0 Å². The van der Waals surface area contributed by atoms with Gasteiger partial charge in [-0.15, -0.1) is 0 Å². The Morgan fingerprint density at radius 1 is 1.12 bits per heavy atom. The van der Waals surface area contributed by atoms with E-state index in [2.05, 4.69) is 13.8 Å². The Balaban J connectivity index is 2.31. The Morgan fingerprint density at radius 3 is 2.29 bits per heavy atom. The maximum Gasteiger partial charge on any atom is 0.118 e. The number of benzene rings is 1. The largest absolute Gasteiger partial charge is 0.497 e. The van der Waals surface area contributed by atoms with E-state index in [0.29, 0.717) is 0 Å². The molecule has 0 aliphatic carbocycles. The summed E-state index contributed by atoms with van der Waals surface area (Å²) < 4.78 is 5.10. The van der Waals surface area contributed by atoms with E-state index in [9.17, 15) is 5.11 Å². The highest BCUT2D eigenvalue weighted by molar-refractivity contribution is 5.27. The van der Waals surface area contributed by atoms with Gasteiger partial charge in [0.2, 0.25) is 0 Å². The lowest BCUT2D eigenvalue weighted by atomic mass is 10.0. The molecular weight excluding hydrogens is 212 g/mol. The first-order chi connectivity index (χ1) is 8.11. The molecule has 1 unspecified atom stereocenters. The van der Waals surface area contributed by atoms with Gasteiger partial charge >= 0.3 is 0 Å². The third-order valence-electron chi connectivity index (χ3n) is 2.95. The second kappa shape index (κ2) is 7.33. The van der Waals surface area contributed by atoms with Gasteiger partial charge in [0, 0.05) is 0 Å². The normalized spacial score (nSPS) is 12.8. The Hall–Kier alpha value is -1.02. The fraction of sp³-hybridized carbons (Fsp3) is 0.600. The number of methoxy groups -OCH3 is 1. The molecule has 96 valence electrons. The number of rotatable bonds is 7. The van der Waals surface area contributed by atoms with Gasteiger partial charge in [0.15, 0.2) is 0 Å². The van der Waals surface area contributed by atoms with Crippen molar-refractivity contribution >= 4 is 0 Å². The van der Waals surface area contributed by atoms with Crippen molar-refractivity contribution in [3.05, 3.63) is 29.8 Å². The molecule has 0 aliphatic heterocycles. The van der Waals surface area contributed by atoms with Gasteiger partial charge in [-0.2, -0.15) is 0 Å². The molecule has 2 nitrogen and oxygen atoms in total. The highest BCUT2D eigenvalue weighted by atomic mass is 16.5. The van der Waals surface area contributed by atoms with Crippen LogP contribution in [0.4, 0.5) is 0 Å². The van der Waals surface area contributed by atoms with Crippen LogP contribution in [-0.2, 0) is 6.42 Å². The second-order valence-corrected chi connectivity index (χ2v) is 5.03. The van der Waals surface area contributed by atoms with Gasteiger partial charge in [-0.3, -0.25) is 0 Å². The maximum absolute atomic E-state index is 9.91. The summed E-state index contributed by atoms with van der Waals surface area (Å²) in [6.07, 6.45) is 3.71. The number of ether oxygens (including phenoxy) is 1. The van der Waals surface area contributed by atoms with Crippen LogP contribution in [0.25, 0.3) is 0 Å². The van der Waals surface area contributed by atoms with Crippen molar-refractivity contribution in [3.63, 3.8) is 0 Å². The fourth-order valence-electron chi connectivity index (χ4n) is 1.90. The van der Waals surface area contributed by atoms with Gasteiger partial charge in [-0.05, 0) is 36.5 Å². The zero-order valence-electron chi connectivity index (χ0n) is 11.1.